The zero-order valence-electron chi connectivity index (χ0n) is 10.2. The minimum Gasteiger partial charge on any atom is -0.370 e. The predicted octanol–water partition coefficient (Wildman–Crippen LogP) is 0.899. The van der Waals surface area contributed by atoms with Crippen molar-refractivity contribution >= 4 is 5.91 Å². The van der Waals surface area contributed by atoms with Crippen molar-refractivity contribution in [3.8, 4) is 0 Å². The van der Waals surface area contributed by atoms with E-state index in [4.69, 9.17) is 10.5 Å². The van der Waals surface area contributed by atoms with Gasteiger partial charge in [0.05, 0.1) is 6.61 Å². The highest BCUT2D eigenvalue weighted by Crippen LogP contribution is 2.11. The second-order valence-corrected chi connectivity index (χ2v) is 3.83. The van der Waals surface area contributed by atoms with Crippen LogP contribution in [0.3, 0.4) is 0 Å². The van der Waals surface area contributed by atoms with E-state index >= 15 is 0 Å². The minimum absolute atomic E-state index is 0.0664. The van der Waals surface area contributed by atoms with Gasteiger partial charge in [-0.3, -0.25) is 4.79 Å². The monoisotopic (exact) mass is 258 g/mol. The molecular formula is C12H16F2N2O2. The fraction of sp³-hybridized carbons (Fsp3) is 0.417. The molecular weight excluding hydrogens is 242 g/mol. The molecule has 0 saturated heterocycles. The van der Waals surface area contributed by atoms with Gasteiger partial charge in [0.15, 0.2) is 0 Å². The van der Waals surface area contributed by atoms with Crippen LogP contribution in [0.2, 0.25) is 0 Å². The van der Waals surface area contributed by atoms with Crippen molar-refractivity contribution < 1.29 is 18.3 Å². The van der Waals surface area contributed by atoms with Crippen LogP contribution >= 0.6 is 0 Å². The Morgan fingerprint density at radius 2 is 2.17 bits per heavy atom. The lowest BCUT2D eigenvalue weighted by Gasteiger charge is -2.17. The van der Waals surface area contributed by atoms with Gasteiger partial charge in [-0.2, -0.15) is 0 Å². The summed E-state index contributed by atoms with van der Waals surface area (Å²) in [7, 11) is 1.52. The normalized spacial score (nSPS) is 10.4. The summed E-state index contributed by atoms with van der Waals surface area (Å²) in [5.74, 6) is -1.60. The minimum atomic E-state index is -0.669. The van der Waals surface area contributed by atoms with E-state index in [0.29, 0.717) is 13.2 Å². The summed E-state index contributed by atoms with van der Waals surface area (Å²) in [6.45, 7) is 0.599. The number of amides is 1. The van der Waals surface area contributed by atoms with E-state index in [1.54, 1.807) is 0 Å². The number of ether oxygens (including phenoxy) is 1. The Labute approximate surface area is 104 Å². The van der Waals surface area contributed by atoms with E-state index in [1.807, 2.05) is 0 Å². The van der Waals surface area contributed by atoms with E-state index in [-0.39, 0.29) is 24.6 Å². The first-order valence-electron chi connectivity index (χ1n) is 5.50. The lowest BCUT2D eigenvalue weighted by molar-refractivity contribution is -0.135. The molecule has 0 fully saturated rings. The number of carbonyl (C=O) groups excluding carboxylic acids is 1. The summed E-state index contributed by atoms with van der Waals surface area (Å²) >= 11 is 0. The largest absolute Gasteiger partial charge is 0.370 e. The molecule has 0 spiro atoms. The van der Waals surface area contributed by atoms with Gasteiger partial charge in [-0.05, 0) is 6.07 Å². The number of rotatable bonds is 6. The van der Waals surface area contributed by atoms with Crippen molar-refractivity contribution in [2.45, 2.75) is 6.54 Å². The third-order valence-corrected chi connectivity index (χ3v) is 2.34. The van der Waals surface area contributed by atoms with Crippen LogP contribution in [0, 0.1) is 11.6 Å². The maximum atomic E-state index is 13.4. The lowest BCUT2D eigenvalue weighted by Crippen LogP contribution is -2.30. The van der Waals surface area contributed by atoms with Gasteiger partial charge in [-0.25, -0.2) is 8.78 Å². The molecule has 0 aliphatic heterocycles. The summed E-state index contributed by atoms with van der Waals surface area (Å²) in [5, 5.41) is 0. The molecule has 1 rings (SSSR count). The quantitative estimate of drug-likeness (QED) is 0.771. The Kier molecular flexibility index (Phi) is 5.67. The second-order valence-electron chi connectivity index (χ2n) is 3.83. The van der Waals surface area contributed by atoms with E-state index in [2.05, 4.69) is 0 Å². The van der Waals surface area contributed by atoms with Crippen molar-refractivity contribution in [2.75, 3.05) is 26.8 Å². The molecule has 0 saturated carbocycles. The molecule has 2 N–H and O–H groups in total. The van der Waals surface area contributed by atoms with E-state index < -0.39 is 11.6 Å². The van der Waals surface area contributed by atoms with Crippen molar-refractivity contribution in [1.82, 2.24) is 4.90 Å². The van der Waals surface area contributed by atoms with Crippen LogP contribution in [0.5, 0.6) is 0 Å². The number of halogens is 2. The van der Waals surface area contributed by atoms with E-state index in [9.17, 15) is 13.6 Å². The lowest BCUT2D eigenvalue weighted by atomic mass is 10.2. The second kappa shape index (κ2) is 7.03. The maximum absolute atomic E-state index is 13.4. The van der Waals surface area contributed by atoms with Crippen molar-refractivity contribution in [3.63, 3.8) is 0 Å². The van der Waals surface area contributed by atoms with Crippen molar-refractivity contribution in [2.24, 2.45) is 5.73 Å². The number of hydrogen-bond donors (Lipinski definition) is 1. The van der Waals surface area contributed by atoms with Crippen molar-refractivity contribution in [1.29, 1.82) is 0 Å². The summed E-state index contributed by atoms with van der Waals surface area (Å²) in [6, 6.07) is 3.26. The molecule has 0 heterocycles. The summed E-state index contributed by atoms with van der Waals surface area (Å²) in [4.78, 5) is 12.9. The molecule has 0 aliphatic rings. The predicted molar refractivity (Wildman–Crippen MR) is 62.7 cm³/mol. The maximum Gasteiger partial charge on any atom is 0.248 e. The summed E-state index contributed by atoms with van der Waals surface area (Å²) in [5.41, 5.74) is 5.47. The fourth-order valence-electron chi connectivity index (χ4n) is 1.35. The first kappa shape index (κ1) is 14.5. The van der Waals surface area contributed by atoms with Crippen LogP contribution in [0.1, 0.15) is 5.56 Å². The van der Waals surface area contributed by atoms with Gasteiger partial charge in [-0.1, -0.05) is 6.07 Å². The van der Waals surface area contributed by atoms with Crippen LogP contribution in [0.4, 0.5) is 8.78 Å². The molecule has 1 aromatic rings. The first-order chi connectivity index (χ1) is 8.54. The average Bonchev–Trinajstić information content (AvgIpc) is 2.32. The van der Waals surface area contributed by atoms with Gasteiger partial charge in [0.25, 0.3) is 0 Å². The molecule has 100 valence electrons. The average molecular weight is 258 g/mol. The number of hydrogen-bond acceptors (Lipinski definition) is 3. The van der Waals surface area contributed by atoms with Crippen molar-refractivity contribution in [3.05, 3.63) is 35.4 Å². The van der Waals surface area contributed by atoms with Crippen LogP contribution in [0.15, 0.2) is 18.2 Å². The Balaban J connectivity index is 2.53. The molecule has 0 radical (unpaired) electrons. The van der Waals surface area contributed by atoms with Gasteiger partial charge < -0.3 is 15.4 Å². The molecule has 4 nitrogen and oxygen atoms in total. The van der Waals surface area contributed by atoms with Crippen LogP contribution in [-0.2, 0) is 16.1 Å². The van der Waals surface area contributed by atoms with Gasteiger partial charge in [0.2, 0.25) is 5.91 Å². The molecule has 0 unspecified atom stereocenters. The van der Waals surface area contributed by atoms with Gasteiger partial charge >= 0.3 is 0 Å². The zero-order chi connectivity index (χ0) is 13.5. The number of benzene rings is 1. The van der Waals surface area contributed by atoms with Gasteiger partial charge in [-0.15, -0.1) is 0 Å². The highest BCUT2D eigenvalue weighted by atomic mass is 19.1. The molecule has 1 amide bonds. The molecule has 0 bridgehead atoms. The molecule has 0 aliphatic carbocycles. The fourth-order valence-corrected chi connectivity index (χ4v) is 1.35. The highest BCUT2D eigenvalue weighted by molar-refractivity contribution is 5.77. The van der Waals surface area contributed by atoms with Crippen LogP contribution < -0.4 is 5.73 Å². The summed E-state index contributed by atoms with van der Waals surface area (Å²) < 4.78 is 31.0. The van der Waals surface area contributed by atoms with E-state index in [1.165, 1.54) is 18.0 Å². The third-order valence-electron chi connectivity index (χ3n) is 2.34. The first-order valence-corrected chi connectivity index (χ1v) is 5.50. The number of carbonyl (C=O) groups is 1. The smallest absolute Gasteiger partial charge is 0.248 e. The Hall–Kier alpha value is -1.53. The van der Waals surface area contributed by atoms with E-state index in [0.717, 1.165) is 12.1 Å². The zero-order valence-corrected chi connectivity index (χ0v) is 10.2. The highest BCUT2D eigenvalue weighted by Gasteiger charge is 2.12. The standard InChI is InChI=1S/C12H16F2N2O2/c1-16(12(17)8-18-5-4-15)7-9-2-3-10(13)6-11(9)14/h2-3,6H,4-5,7-8,15H2,1H3. The Morgan fingerprint density at radius 1 is 1.44 bits per heavy atom. The summed E-state index contributed by atoms with van der Waals surface area (Å²) in [6.07, 6.45) is 0. The van der Waals surface area contributed by atoms with Gasteiger partial charge in [0.1, 0.15) is 18.2 Å². The molecule has 0 aromatic heterocycles. The Bertz CT molecular complexity index is 413. The Morgan fingerprint density at radius 3 is 2.78 bits per heavy atom. The number of nitrogens with two attached hydrogens (primary N) is 1. The SMILES string of the molecule is CN(Cc1ccc(F)cc1F)C(=O)COCCN. The number of likely N-dealkylation sites (N-methyl/N-ethyl adjacent to an activating group) is 1. The molecule has 6 heteroatoms. The third kappa shape index (κ3) is 4.38. The van der Waals surface area contributed by atoms with Gasteiger partial charge in [0, 0.05) is 31.8 Å². The molecule has 18 heavy (non-hydrogen) atoms. The van der Waals surface area contributed by atoms with Crippen LogP contribution in [0.25, 0.3) is 0 Å². The molecule has 1 aromatic carbocycles. The number of nitrogens with zero attached hydrogens (tertiary/aromatic N) is 1. The van der Waals surface area contributed by atoms with Crippen LogP contribution in [-0.4, -0.2) is 37.6 Å². The molecule has 0 atom stereocenters. The topological polar surface area (TPSA) is 55.6 Å².